The number of sulfonamides is 1. The number of ether oxygens (including phenoxy) is 1. The molecule has 0 radical (unpaired) electrons. The minimum atomic E-state index is -4.00. The van der Waals surface area contributed by atoms with Crippen LogP contribution in [0.3, 0.4) is 0 Å². The largest absolute Gasteiger partial charge is 0.487 e. The number of rotatable bonds is 5. The lowest BCUT2D eigenvalue weighted by atomic mass is 9.96. The topological polar surface area (TPSA) is 99.2 Å². The van der Waals surface area contributed by atoms with E-state index in [1.807, 2.05) is 6.92 Å². The number of likely N-dealkylation sites (N-methyl/N-ethyl adjacent to an activating group) is 1. The molecule has 0 unspecified atom stereocenters. The number of hydrogen-bond donors (Lipinski definition) is 2. The fourth-order valence-corrected chi connectivity index (χ4v) is 6.91. The molecule has 0 saturated heterocycles. The summed E-state index contributed by atoms with van der Waals surface area (Å²) in [5.41, 5.74) is 1.14. The van der Waals surface area contributed by atoms with E-state index in [2.05, 4.69) is 17.2 Å². The summed E-state index contributed by atoms with van der Waals surface area (Å²) in [7, 11) is -2.29. The molecule has 1 heterocycles. The van der Waals surface area contributed by atoms with Crippen molar-refractivity contribution in [1.29, 1.82) is 0 Å². The number of hydrogen-bond acceptors (Lipinski definition) is 5. The van der Waals surface area contributed by atoms with Crippen LogP contribution < -0.4 is 10.1 Å². The van der Waals surface area contributed by atoms with E-state index < -0.39 is 22.2 Å². The number of carbonyl (C=O) groups excluding carboxylic acids is 1. The zero-order valence-electron chi connectivity index (χ0n) is 23.3. The summed E-state index contributed by atoms with van der Waals surface area (Å²) < 4.78 is 48.3. The summed E-state index contributed by atoms with van der Waals surface area (Å²) in [4.78, 5) is 14.6. The van der Waals surface area contributed by atoms with Gasteiger partial charge in [-0.3, -0.25) is 0 Å². The number of amides is 2. The molecule has 0 bridgehead atoms. The van der Waals surface area contributed by atoms with Gasteiger partial charge >= 0.3 is 6.03 Å². The van der Waals surface area contributed by atoms with Gasteiger partial charge in [0, 0.05) is 42.7 Å². The number of fused-ring (bicyclic) bond motifs is 1. The highest BCUT2D eigenvalue weighted by Crippen LogP contribution is 2.34. The van der Waals surface area contributed by atoms with E-state index in [0.29, 0.717) is 11.1 Å². The van der Waals surface area contributed by atoms with Gasteiger partial charge in [-0.15, -0.1) is 0 Å². The van der Waals surface area contributed by atoms with Crippen molar-refractivity contribution in [1.82, 2.24) is 14.5 Å². The normalized spacial score (nSPS) is 21.9. The molecule has 2 amide bonds. The van der Waals surface area contributed by atoms with Crippen molar-refractivity contribution in [3.05, 3.63) is 59.4 Å². The first-order valence-corrected chi connectivity index (χ1v) is 15.2. The van der Waals surface area contributed by atoms with E-state index in [0.717, 1.165) is 25.7 Å². The monoisotopic (exact) mass is 571 g/mol. The van der Waals surface area contributed by atoms with E-state index in [1.165, 1.54) is 28.9 Å². The Hall–Kier alpha value is -3.13. The number of urea groups is 1. The average Bonchev–Trinajstić information content (AvgIpc) is 2.94. The first-order valence-electron chi connectivity index (χ1n) is 13.8. The third kappa shape index (κ3) is 7.14. The smallest absolute Gasteiger partial charge is 0.317 e. The molecule has 1 aliphatic heterocycles. The van der Waals surface area contributed by atoms with Gasteiger partial charge in [0.1, 0.15) is 22.6 Å². The van der Waals surface area contributed by atoms with E-state index >= 15 is 0 Å². The summed E-state index contributed by atoms with van der Waals surface area (Å²) in [6, 6.07) is 9.75. The van der Waals surface area contributed by atoms with E-state index in [-0.39, 0.29) is 54.1 Å². The molecule has 10 heteroatoms. The highest BCUT2D eigenvalue weighted by molar-refractivity contribution is 7.89. The van der Waals surface area contributed by atoms with Gasteiger partial charge < -0.3 is 20.1 Å². The van der Waals surface area contributed by atoms with Crippen molar-refractivity contribution < 1.29 is 27.4 Å². The van der Waals surface area contributed by atoms with Crippen molar-refractivity contribution in [2.24, 2.45) is 5.92 Å². The van der Waals surface area contributed by atoms with Gasteiger partial charge in [0.15, 0.2) is 0 Å². The Morgan fingerprint density at radius 2 is 1.80 bits per heavy atom. The highest BCUT2D eigenvalue weighted by atomic mass is 32.2. The average molecular weight is 572 g/mol. The first-order chi connectivity index (χ1) is 19.1. The molecule has 1 aliphatic carbocycles. The molecule has 1 saturated carbocycles. The molecule has 8 nitrogen and oxygen atoms in total. The van der Waals surface area contributed by atoms with E-state index in [1.54, 1.807) is 43.1 Å². The summed E-state index contributed by atoms with van der Waals surface area (Å²) in [6.07, 6.45) is 4.82. The Balaban J connectivity index is 1.64. The molecule has 1 fully saturated rings. The molecule has 216 valence electrons. The van der Waals surface area contributed by atoms with Gasteiger partial charge in [-0.2, -0.15) is 4.31 Å². The minimum absolute atomic E-state index is 0.0219. The van der Waals surface area contributed by atoms with E-state index in [9.17, 15) is 22.7 Å². The molecule has 2 aromatic carbocycles. The van der Waals surface area contributed by atoms with Crippen molar-refractivity contribution in [3.63, 3.8) is 0 Å². The molecule has 0 spiro atoms. The zero-order valence-corrected chi connectivity index (χ0v) is 24.1. The van der Waals surface area contributed by atoms with Gasteiger partial charge in [-0.05, 0) is 62.2 Å². The highest BCUT2D eigenvalue weighted by Gasteiger charge is 2.38. The predicted molar refractivity (Wildman–Crippen MR) is 151 cm³/mol. The van der Waals surface area contributed by atoms with Crippen LogP contribution in [0.2, 0.25) is 0 Å². The molecule has 3 atom stereocenters. The van der Waals surface area contributed by atoms with Crippen LogP contribution in [0.25, 0.3) is 0 Å². The summed E-state index contributed by atoms with van der Waals surface area (Å²) in [5.74, 6) is 5.44. The molecule has 2 N–H and O–H groups in total. The number of carbonyl (C=O) groups is 1. The number of aliphatic hydroxyl groups excluding tert-OH is 1. The Morgan fingerprint density at radius 1 is 1.15 bits per heavy atom. The third-order valence-corrected chi connectivity index (χ3v) is 9.62. The van der Waals surface area contributed by atoms with Gasteiger partial charge in [-0.1, -0.05) is 38.0 Å². The van der Waals surface area contributed by atoms with Crippen LogP contribution in [-0.4, -0.2) is 73.7 Å². The van der Waals surface area contributed by atoms with Crippen molar-refractivity contribution in [2.75, 3.05) is 26.7 Å². The second-order valence-electron chi connectivity index (χ2n) is 10.8. The van der Waals surface area contributed by atoms with Gasteiger partial charge in [-0.25, -0.2) is 17.6 Å². The third-order valence-electron chi connectivity index (χ3n) is 7.60. The number of benzene rings is 2. The lowest BCUT2D eigenvalue weighted by molar-refractivity contribution is 0.0806. The van der Waals surface area contributed by atoms with Crippen LogP contribution in [0.4, 0.5) is 9.18 Å². The van der Waals surface area contributed by atoms with Gasteiger partial charge in [0.2, 0.25) is 10.0 Å². The fourth-order valence-electron chi connectivity index (χ4n) is 5.08. The fraction of sp³-hybridized carbons (Fsp3) is 0.500. The van der Waals surface area contributed by atoms with Crippen LogP contribution in [-0.2, 0) is 10.0 Å². The number of aliphatic hydroxyl groups is 1. The predicted octanol–water partition coefficient (Wildman–Crippen LogP) is 3.97. The Labute approximate surface area is 236 Å². The second kappa shape index (κ2) is 13.0. The summed E-state index contributed by atoms with van der Waals surface area (Å²) in [5, 5.41) is 13.0. The summed E-state index contributed by atoms with van der Waals surface area (Å²) >= 11 is 0. The van der Waals surface area contributed by atoms with Crippen molar-refractivity contribution >= 4 is 16.1 Å². The minimum Gasteiger partial charge on any atom is -0.487 e. The first kappa shape index (κ1) is 29.8. The Kier molecular flexibility index (Phi) is 9.72. The number of nitrogens with one attached hydrogen (secondary N) is 1. The van der Waals surface area contributed by atoms with Crippen LogP contribution >= 0.6 is 0 Å². The quantitative estimate of drug-likeness (QED) is 0.530. The maximum absolute atomic E-state index is 13.7. The molecule has 0 aromatic heterocycles. The van der Waals surface area contributed by atoms with Crippen LogP contribution in [0, 0.1) is 23.6 Å². The van der Waals surface area contributed by atoms with Gasteiger partial charge in [0.05, 0.1) is 13.2 Å². The lowest BCUT2D eigenvalue weighted by Crippen LogP contribution is -2.52. The zero-order chi connectivity index (χ0) is 28.9. The number of nitrogens with zero attached hydrogens (tertiary/aromatic N) is 2. The SMILES string of the molecule is C[C@@H]1CN([C@@H](C)CO)S(=O)(=O)c2ccc(C#Cc3ccc(F)cc3)cc2O[C@H]1CN(C)C(=O)NC1CCCCC1. The molecule has 40 heavy (non-hydrogen) atoms. The molecule has 2 aromatic rings. The maximum Gasteiger partial charge on any atom is 0.317 e. The second-order valence-corrected chi connectivity index (χ2v) is 12.7. The number of halogens is 1. The molecule has 2 aliphatic rings. The molecular weight excluding hydrogens is 533 g/mol. The lowest BCUT2D eigenvalue weighted by Gasteiger charge is -2.37. The summed E-state index contributed by atoms with van der Waals surface area (Å²) in [6.45, 7) is 3.57. The molecular formula is C30H38FN3O5S. The Bertz CT molecular complexity index is 1350. The van der Waals surface area contributed by atoms with Crippen molar-refractivity contribution in [3.8, 4) is 17.6 Å². The van der Waals surface area contributed by atoms with Crippen molar-refractivity contribution in [2.45, 2.75) is 69.0 Å². The maximum atomic E-state index is 13.7. The standard InChI is InChI=1S/C30H38FN3O5S/c1-21-18-34(22(2)20-35)40(37,38)29-16-13-24(10-9-23-11-14-25(31)15-12-23)17-27(29)39-28(21)19-33(3)30(36)32-26-7-5-4-6-8-26/h11-17,21-22,26,28,35H,4-8,18-20H2,1-3H3,(H,32,36)/t21-,22+,28+/m1/s1. The Morgan fingerprint density at radius 3 is 2.48 bits per heavy atom. The van der Waals surface area contributed by atoms with Crippen LogP contribution in [0.15, 0.2) is 47.4 Å². The van der Waals surface area contributed by atoms with Crippen LogP contribution in [0.5, 0.6) is 5.75 Å². The van der Waals surface area contributed by atoms with Crippen LogP contribution in [0.1, 0.15) is 57.1 Å². The van der Waals surface area contributed by atoms with Gasteiger partial charge in [0.25, 0.3) is 0 Å². The molecule has 4 rings (SSSR count). The van der Waals surface area contributed by atoms with E-state index in [4.69, 9.17) is 4.74 Å².